The number of fused-ring (bicyclic) bond motifs is 1. The summed E-state index contributed by atoms with van der Waals surface area (Å²) in [5, 5.41) is 0. The van der Waals surface area contributed by atoms with E-state index in [1.807, 2.05) is 30.3 Å². The molecule has 3 aromatic rings. The van der Waals surface area contributed by atoms with Crippen LogP contribution >= 0.6 is 11.9 Å². The average molecular weight is 454 g/mol. The summed E-state index contributed by atoms with van der Waals surface area (Å²) < 4.78 is 43.7. The highest BCUT2D eigenvalue weighted by atomic mass is 32.2. The van der Waals surface area contributed by atoms with Crippen LogP contribution in [0.5, 0.6) is 0 Å². The molecule has 0 amide bonds. The lowest BCUT2D eigenvalue weighted by atomic mass is 9.76. The van der Waals surface area contributed by atoms with Gasteiger partial charge in [-0.05, 0) is 89.7 Å². The van der Waals surface area contributed by atoms with Crippen molar-refractivity contribution in [3.63, 3.8) is 0 Å². The first kappa shape index (κ1) is 21.4. The maximum atomic E-state index is 14.4. The Labute approximate surface area is 191 Å². The first-order valence-corrected chi connectivity index (χ1v) is 12.0. The second-order valence-electron chi connectivity index (χ2n) is 9.00. The molecule has 2 aliphatic rings. The molecule has 5 rings (SSSR count). The number of halogens is 3. The zero-order valence-corrected chi connectivity index (χ0v) is 18.7. The molecule has 0 bridgehead atoms. The van der Waals surface area contributed by atoms with Crippen LogP contribution in [0.2, 0.25) is 0 Å². The Morgan fingerprint density at radius 3 is 2.59 bits per heavy atom. The Balaban J connectivity index is 1.49. The third-order valence-electron chi connectivity index (χ3n) is 6.69. The molecule has 1 unspecified atom stereocenters. The molecule has 0 N–H and O–H groups in total. The van der Waals surface area contributed by atoms with Crippen molar-refractivity contribution in [1.29, 1.82) is 0 Å². The SMILES string of the molecule is FCc1cccc(SN2CC(CC3CCC3)Cc3ccc(-c4cc(F)ccc4F)cc32)c1. The van der Waals surface area contributed by atoms with Crippen molar-refractivity contribution in [2.24, 2.45) is 11.8 Å². The van der Waals surface area contributed by atoms with Crippen molar-refractivity contribution >= 4 is 17.6 Å². The van der Waals surface area contributed by atoms with E-state index in [1.165, 1.54) is 43.4 Å². The van der Waals surface area contributed by atoms with Gasteiger partial charge in [0.25, 0.3) is 0 Å². The van der Waals surface area contributed by atoms with Crippen molar-refractivity contribution in [2.45, 2.75) is 43.7 Å². The van der Waals surface area contributed by atoms with Crippen LogP contribution in [-0.4, -0.2) is 6.54 Å². The molecule has 0 radical (unpaired) electrons. The molecular weight excluding hydrogens is 427 g/mol. The van der Waals surface area contributed by atoms with Gasteiger partial charge in [-0.15, -0.1) is 0 Å². The van der Waals surface area contributed by atoms with Crippen LogP contribution in [0, 0.1) is 23.5 Å². The van der Waals surface area contributed by atoms with Crippen LogP contribution in [0.1, 0.15) is 36.8 Å². The smallest absolute Gasteiger partial charge is 0.131 e. The standard InChI is InChI=1S/C27H26F3NS/c28-16-19-5-2-6-24(13-19)32-31-17-20(11-18-3-1-4-18)12-22-8-7-21(14-27(22)31)25-15-23(29)9-10-26(25)30/h2,5-10,13-15,18,20H,1,3-4,11-12,16-17H2. The third kappa shape index (κ3) is 4.54. The van der Waals surface area contributed by atoms with E-state index in [2.05, 4.69) is 10.4 Å². The predicted molar refractivity (Wildman–Crippen MR) is 125 cm³/mol. The fourth-order valence-corrected chi connectivity index (χ4v) is 5.97. The lowest BCUT2D eigenvalue weighted by molar-refractivity contribution is 0.249. The Kier molecular flexibility index (Phi) is 6.18. The molecule has 0 saturated heterocycles. The summed E-state index contributed by atoms with van der Waals surface area (Å²) >= 11 is 1.60. The Bertz CT molecular complexity index is 1110. The summed E-state index contributed by atoms with van der Waals surface area (Å²) in [4.78, 5) is 0.984. The number of alkyl halides is 1. The van der Waals surface area contributed by atoms with Crippen molar-refractivity contribution in [1.82, 2.24) is 0 Å². The van der Waals surface area contributed by atoms with Crippen molar-refractivity contribution in [2.75, 3.05) is 10.8 Å². The molecule has 1 heterocycles. The number of hydrogen-bond donors (Lipinski definition) is 0. The van der Waals surface area contributed by atoms with Gasteiger partial charge in [-0.3, -0.25) is 0 Å². The van der Waals surface area contributed by atoms with E-state index in [4.69, 9.17) is 0 Å². The summed E-state index contributed by atoms with van der Waals surface area (Å²) in [6.07, 6.45) is 6.21. The van der Waals surface area contributed by atoms with E-state index < -0.39 is 18.3 Å². The number of benzene rings is 3. The number of rotatable bonds is 6. The fourth-order valence-electron chi connectivity index (χ4n) is 4.82. The highest BCUT2D eigenvalue weighted by Crippen LogP contribution is 2.43. The molecule has 1 nitrogen and oxygen atoms in total. The fraction of sp³-hybridized carbons (Fsp3) is 0.333. The Hall–Kier alpha value is -2.40. The van der Waals surface area contributed by atoms with Gasteiger partial charge in [0.15, 0.2) is 0 Å². The quantitative estimate of drug-likeness (QED) is 0.348. The minimum Gasteiger partial charge on any atom is -0.312 e. The molecular formula is C27H26F3NS. The zero-order valence-electron chi connectivity index (χ0n) is 17.9. The molecule has 0 aromatic heterocycles. The van der Waals surface area contributed by atoms with Gasteiger partial charge in [0.2, 0.25) is 0 Å². The molecule has 1 fully saturated rings. The van der Waals surface area contributed by atoms with Crippen LogP contribution in [-0.2, 0) is 13.1 Å². The molecule has 3 aromatic carbocycles. The maximum absolute atomic E-state index is 14.4. The van der Waals surface area contributed by atoms with Crippen molar-refractivity contribution < 1.29 is 13.2 Å². The molecule has 166 valence electrons. The molecule has 1 atom stereocenters. The van der Waals surface area contributed by atoms with Gasteiger partial charge in [-0.25, -0.2) is 13.2 Å². The van der Waals surface area contributed by atoms with E-state index in [-0.39, 0.29) is 5.56 Å². The summed E-state index contributed by atoms with van der Waals surface area (Å²) in [7, 11) is 0. The van der Waals surface area contributed by atoms with Crippen LogP contribution in [0.3, 0.4) is 0 Å². The van der Waals surface area contributed by atoms with Crippen LogP contribution in [0.25, 0.3) is 11.1 Å². The van der Waals surface area contributed by atoms with E-state index in [0.29, 0.717) is 17.0 Å². The van der Waals surface area contributed by atoms with Gasteiger partial charge >= 0.3 is 0 Å². The lowest BCUT2D eigenvalue weighted by Crippen LogP contribution is -2.32. The van der Waals surface area contributed by atoms with Crippen LogP contribution in [0.4, 0.5) is 18.9 Å². The topological polar surface area (TPSA) is 3.24 Å². The minimum absolute atomic E-state index is 0.272. The number of hydrogen-bond acceptors (Lipinski definition) is 2. The zero-order chi connectivity index (χ0) is 22.1. The van der Waals surface area contributed by atoms with Gasteiger partial charge in [0.05, 0.1) is 5.69 Å². The predicted octanol–water partition coefficient (Wildman–Crippen LogP) is 7.98. The third-order valence-corrected chi connectivity index (χ3v) is 7.72. The molecule has 1 saturated carbocycles. The highest BCUT2D eigenvalue weighted by Gasteiger charge is 2.30. The normalized spacial score (nSPS) is 18.3. The number of anilines is 1. The van der Waals surface area contributed by atoms with E-state index >= 15 is 0 Å². The van der Waals surface area contributed by atoms with Gasteiger partial charge in [-0.2, -0.15) is 0 Å². The maximum Gasteiger partial charge on any atom is 0.131 e. The largest absolute Gasteiger partial charge is 0.312 e. The lowest BCUT2D eigenvalue weighted by Gasteiger charge is -2.38. The van der Waals surface area contributed by atoms with E-state index in [9.17, 15) is 13.2 Å². The van der Waals surface area contributed by atoms with Crippen LogP contribution < -0.4 is 4.31 Å². The second kappa shape index (κ2) is 9.22. The first-order chi connectivity index (χ1) is 15.6. The molecule has 1 aliphatic heterocycles. The van der Waals surface area contributed by atoms with Gasteiger partial charge < -0.3 is 4.31 Å². The van der Waals surface area contributed by atoms with Crippen molar-refractivity contribution in [3.05, 3.63) is 83.4 Å². The summed E-state index contributed by atoms with van der Waals surface area (Å²) in [5.74, 6) is 0.499. The van der Waals surface area contributed by atoms with E-state index in [1.54, 1.807) is 18.0 Å². The monoisotopic (exact) mass is 453 g/mol. The highest BCUT2D eigenvalue weighted by molar-refractivity contribution is 8.00. The average Bonchev–Trinajstić information content (AvgIpc) is 2.78. The Morgan fingerprint density at radius 1 is 0.938 bits per heavy atom. The van der Waals surface area contributed by atoms with Crippen LogP contribution in [0.15, 0.2) is 65.6 Å². The Morgan fingerprint density at radius 2 is 1.81 bits per heavy atom. The molecule has 32 heavy (non-hydrogen) atoms. The van der Waals surface area contributed by atoms with Gasteiger partial charge in [0, 0.05) is 17.0 Å². The summed E-state index contributed by atoms with van der Waals surface area (Å²) in [5.41, 5.74) is 3.87. The molecule has 1 aliphatic carbocycles. The number of nitrogens with zero attached hydrogens (tertiary/aromatic N) is 1. The molecule has 0 spiro atoms. The minimum atomic E-state index is -0.488. The summed E-state index contributed by atoms with van der Waals surface area (Å²) in [6, 6.07) is 17.1. The molecule has 5 heteroatoms. The van der Waals surface area contributed by atoms with Gasteiger partial charge in [0.1, 0.15) is 18.3 Å². The van der Waals surface area contributed by atoms with Gasteiger partial charge in [-0.1, -0.05) is 43.5 Å². The first-order valence-electron chi connectivity index (χ1n) is 11.3. The summed E-state index contributed by atoms with van der Waals surface area (Å²) in [6.45, 7) is 0.404. The second-order valence-corrected chi connectivity index (χ2v) is 10.1. The van der Waals surface area contributed by atoms with Crippen molar-refractivity contribution in [3.8, 4) is 11.1 Å². The van der Waals surface area contributed by atoms with E-state index in [0.717, 1.165) is 35.5 Å².